The molecule has 0 atom stereocenters. The summed E-state index contributed by atoms with van der Waals surface area (Å²) in [4.78, 5) is 39.9. The number of hydrogen-bond donors (Lipinski definition) is 0. The smallest absolute Gasteiger partial charge is 0.343 e. The Hall–Kier alpha value is -4.25. The van der Waals surface area contributed by atoms with Crippen LogP contribution in [0.5, 0.6) is 5.75 Å². The molecule has 2 heterocycles. The van der Waals surface area contributed by atoms with Crippen LogP contribution in [-0.4, -0.2) is 60.7 Å². The highest BCUT2D eigenvalue weighted by atomic mass is 16.6. The maximum Gasteiger partial charge on any atom is 0.343 e. The van der Waals surface area contributed by atoms with Crippen LogP contribution < -0.4 is 15.2 Å². The summed E-state index contributed by atoms with van der Waals surface area (Å²) < 4.78 is 16.9. The van der Waals surface area contributed by atoms with Gasteiger partial charge in [-0.15, -0.1) is 0 Å². The molecule has 194 valence electrons. The van der Waals surface area contributed by atoms with Crippen LogP contribution in [0.1, 0.15) is 24.2 Å². The van der Waals surface area contributed by atoms with E-state index < -0.39 is 16.5 Å². The summed E-state index contributed by atoms with van der Waals surface area (Å²) in [6.07, 6.45) is 0. The summed E-state index contributed by atoms with van der Waals surface area (Å²) in [5.74, 6) is -0.232. The summed E-state index contributed by atoms with van der Waals surface area (Å²) >= 11 is 0. The Morgan fingerprint density at radius 1 is 1.16 bits per heavy atom. The molecule has 2 aromatic carbocycles. The molecular weight excluding hydrogens is 480 g/mol. The second-order valence-electron chi connectivity index (χ2n) is 8.91. The Morgan fingerprint density at radius 2 is 1.92 bits per heavy atom. The molecular formula is C26H28N4O7. The van der Waals surface area contributed by atoms with Gasteiger partial charge in [0.15, 0.2) is 0 Å². The molecule has 0 unspecified atom stereocenters. The highest BCUT2D eigenvalue weighted by Crippen LogP contribution is 2.29. The molecule has 1 saturated heterocycles. The summed E-state index contributed by atoms with van der Waals surface area (Å²) in [6, 6.07) is 12.8. The third-order valence-corrected chi connectivity index (χ3v) is 5.80. The number of aromatic nitrogens is 2. The molecule has 0 aliphatic carbocycles. The van der Waals surface area contributed by atoms with Crippen molar-refractivity contribution < 1.29 is 23.9 Å². The molecule has 0 saturated carbocycles. The van der Waals surface area contributed by atoms with Crippen LogP contribution in [0.25, 0.3) is 16.9 Å². The largest absolute Gasteiger partial charge is 0.497 e. The Kier molecular flexibility index (Phi) is 7.83. The Bertz CT molecular complexity index is 1360. The molecule has 0 amide bonds. The van der Waals surface area contributed by atoms with Gasteiger partial charge in [0.05, 0.1) is 37.5 Å². The molecule has 1 aliphatic rings. The number of ether oxygens (including phenoxy) is 3. The Morgan fingerprint density at radius 3 is 2.59 bits per heavy atom. The monoisotopic (exact) mass is 508 g/mol. The molecule has 0 spiro atoms. The maximum atomic E-state index is 13.5. The Labute approximate surface area is 213 Å². The van der Waals surface area contributed by atoms with Crippen LogP contribution in [0.15, 0.2) is 53.3 Å². The predicted molar refractivity (Wildman–Crippen MR) is 137 cm³/mol. The van der Waals surface area contributed by atoms with Crippen LogP contribution in [0.4, 0.5) is 11.4 Å². The average Bonchev–Trinajstić information content (AvgIpc) is 2.92. The van der Waals surface area contributed by atoms with E-state index in [2.05, 4.69) is 5.10 Å². The fraction of sp³-hybridized carbons (Fsp3) is 0.346. The SMILES string of the molecule is COc1cccc(-c2cc(C(=O)OCC(C)C)c(=O)n(-c3cc(N4CCOCC4)ccc3[N+](=O)[O-])n2)c1. The lowest BCUT2D eigenvalue weighted by Crippen LogP contribution is -2.36. The molecule has 11 heteroatoms. The fourth-order valence-corrected chi connectivity index (χ4v) is 3.90. The van der Waals surface area contributed by atoms with Crippen LogP contribution in [-0.2, 0) is 9.47 Å². The highest BCUT2D eigenvalue weighted by molar-refractivity contribution is 5.90. The number of hydrogen-bond acceptors (Lipinski definition) is 9. The molecule has 0 N–H and O–H groups in total. The summed E-state index contributed by atoms with van der Waals surface area (Å²) in [7, 11) is 1.52. The first kappa shape index (κ1) is 25.8. The Balaban J connectivity index is 1.93. The molecule has 0 radical (unpaired) electrons. The summed E-state index contributed by atoms with van der Waals surface area (Å²) in [5.41, 5.74) is 0.00658. The molecule has 1 aromatic heterocycles. The second-order valence-corrected chi connectivity index (χ2v) is 8.91. The third-order valence-electron chi connectivity index (χ3n) is 5.80. The number of rotatable bonds is 8. The molecule has 1 fully saturated rings. The lowest BCUT2D eigenvalue weighted by atomic mass is 10.1. The van der Waals surface area contributed by atoms with Gasteiger partial charge in [-0.1, -0.05) is 26.0 Å². The van der Waals surface area contributed by atoms with E-state index in [0.717, 1.165) is 4.68 Å². The first-order valence-corrected chi connectivity index (χ1v) is 11.9. The summed E-state index contributed by atoms with van der Waals surface area (Å²) in [5, 5.41) is 16.4. The number of methoxy groups -OCH3 is 1. The van der Waals surface area contributed by atoms with Crippen molar-refractivity contribution in [1.82, 2.24) is 9.78 Å². The van der Waals surface area contributed by atoms with E-state index in [-0.39, 0.29) is 35.2 Å². The zero-order valence-electron chi connectivity index (χ0n) is 20.9. The number of nitrogens with zero attached hydrogens (tertiary/aromatic N) is 4. The van der Waals surface area contributed by atoms with Crippen LogP contribution in [0.3, 0.4) is 0 Å². The highest BCUT2D eigenvalue weighted by Gasteiger charge is 2.25. The lowest BCUT2D eigenvalue weighted by Gasteiger charge is -2.29. The van der Waals surface area contributed by atoms with E-state index in [1.807, 2.05) is 18.7 Å². The van der Waals surface area contributed by atoms with Crippen molar-refractivity contribution in [3.63, 3.8) is 0 Å². The van der Waals surface area contributed by atoms with Gasteiger partial charge in [0.1, 0.15) is 17.0 Å². The van der Waals surface area contributed by atoms with E-state index in [1.54, 1.807) is 30.3 Å². The number of benzene rings is 2. The topological polar surface area (TPSA) is 126 Å². The molecule has 11 nitrogen and oxygen atoms in total. The van der Waals surface area contributed by atoms with Crippen molar-refractivity contribution in [1.29, 1.82) is 0 Å². The fourth-order valence-electron chi connectivity index (χ4n) is 3.90. The van der Waals surface area contributed by atoms with Gasteiger partial charge in [-0.25, -0.2) is 4.79 Å². The van der Waals surface area contributed by atoms with E-state index in [1.165, 1.54) is 25.3 Å². The van der Waals surface area contributed by atoms with Gasteiger partial charge in [-0.3, -0.25) is 14.9 Å². The van der Waals surface area contributed by atoms with Crippen molar-refractivity contribution >= 4 is 17.3 Å². The zero-order chi connectivity index (χ0) is 26.5. The zero-order valence-corrected chi connectivity index (χ0v) is 20.9. The minimum atomic E-state index is -0.828. The van der Waals surface area contributed by atoms with Gasteiger partial charge in [0.25, 0.3) is 11.2 Å². The lowest BCUT2D eigenvalue weighted by molar-refractivity contribution is -0.384. The van der Waals surface area contributed by atoms with Gasteiger partial charge in [0.2, 0.25) is 0 Å². The number of nitro groups is 1. The molecule has 4 rings (SSSR count). The molecule has 1 aliphatic heterocycles. The van der Waals surface area contributed by atoms with Crippen LogP contribution in [0, 0.1) is 16.0 Å². The van der Waals surface area contributed by atoms with Crippen molar-refractivity contribution in [3.05, 3.63) is 74.6 Å². The third kappa shape index (κ3) is 5.78. The minimum absolute atomic E-state index is 0.0529. The second kappa shape index (κ2) is 11.2. The molecule has 0 bridgehead atoms. The molecule has 37 heavy (non-hydrogen) atoms. The van der Waals surface area contributed by atoms with Gasteiger partial charge in [0, 0.05) is 30.4 Å². The maximum absolute atomic E-state index is 13.5. The predicted octanol–water partition coefficient (Wildman–Crippen LogP) is 3.47. The number of carbonyl (C=O) groups is 1. The van der Waals surface area contributed by atoms with Gasteiger partial charge in [-0.05, 0) is 36.2 Å². The average molecular weight is 509 g/mol. The van der Waals surface area contributed by atoms with E-state index >= 15 is 0 Å². The first-order valence-electron chi connectivity index (χ1n) is 11.9. The van der Waals surface area contributed by atoms with Crippen molar-refractivity contribution in [3.8, 4) is 22.7 Å². The van der Waals surface area contributed by atoms with E-state index in [9.17, 15) is 19.7 Å². The summed E-state index contributed by atoms with van der Waals surface area (Å²) in [6.45, 7) is 6.08. The van der Waals surface area contributed by atoms with E-state index in [0.29, 0.717) is 43.3 Å². The number of morpholine rings is 1. The quantitative estimate of drug-likeness (QED) is 0.255. The van der Waals surface area contributed by atoms with Gasteiger partial charge in [-0.2, -0.15) is 9.78 Å². The van der Waals surface area contributed by atoms with Gasteiger partial charge < -0.3 is 19.1 Å². The number of nitro benzene ring substituents is 1. The van der Waals surface area contributed by atoms with Gasteiger partial charge >= 0.3 is 5.97 Å². The van der Waals surface area contributed by atoms with Crippen molar-refractivity contribution in [2.24, 2.45) is 5.92 Å². The molecule has 3 aromatic rings. The van der Waals surface area contributed by atoms with Crippen LogP contribution >= 0.6 is 0 Å². The first-order chi connectivity index (χ1) is 17.8. The van der Waals surface area contributed by atoms with Crippen molar-refractivity contribution in [2.75, 3.05) is 44.9 Å². The number of anilines is 1. The minimum Gasteiger partial charge on any atom is -0.497 e. The normalized spacial score (nSPS) is 13.5. The van der Waals surface area contributed by atoms with Crippen molar-refractivity contribution in [2.45, 2.75) is 13.8 Å². The standard InChI is InChI=1S/C26H28N4O7/c1-17(2)16-37-26(32)21-15-22(18-5-4-6-20(13-18)35-3)27-29(25(21)31)24-14-19(7-8-23(24)30(33)34)28-9-11-36-12-10-28/h4-8,13-15,17H,9-12,16H2,1-3H3. The van der Waals surface area contributed by atoms with Crippen LogP contribution in [0.2, 0.25) is 0 Å². The van der Waals surface area contributed by atoms with E-state index in [4.69, 9.17) is 14.2 Å². The number of esters is 1. The number of carbonyl (C=O) groups excluding carboxylic acids is 1.